The van der Waals surface area contributed by atoms with Crippen molar-refractivity contribution in [2.24, 2.45) is 0 Å². The largest absolute Gasteiger partial charge is 0.0544 e. The van der Waals surface area contributed by atoms with Crippen molar-refractivity contribution in [3.8, 4) is 0 Å². The second-order valence-electron chi connectivity index (χ2n) is 13.1. The maximum absolute atomic E-state index is 2.29. The van der Waals surface area contributed by atoms with E-state index in [9.17, 15) is 0 Å². The first-order valence-corrected chi connectivity index (χ1v) is 16.6. The van der Waals surface area contributed by atoms with Gasteiger partial charge < -0.3 is 0 Å². The van der Waals surface area contributed by atoms with Gasteiger partial charge in [0.15, 0.2) is 0 Å². The average Bonchev–Trinajstić information content (AvgIpc) is 3.14. The third kappa shape index (κ3) is 4.62. The van der Waals surface area contributed by atoms with E-state index in [1.807, 2.05) is 0 Å². The summed E-state index contributed by atoms with van der Waals surface area (Å²) in [7, 11) is 0. The molecule has 0 heterocycles. The standard InChI is InChI=1S/C48H30/c1-2-32-8-20-44-38(26-32)15-16-40-28-34(10-22-46(40)44)5-6-36-12-24-48-42(30-36)18-17-41-29-35(11-23-47(41)48)4-3-33-9-21-45-39(27-33)14-13-37-25-31(1)7-19-43(37)45/h1-30H. The van der Waals surface area contributed by atoms with Gasteiger partial charge in [0.05, 0.1) is 0 Å². The van der Waals surface area contributed by atoms with Crippen LogP contribution in [0.25, 0.3) is 97.0 Å². The van der Waals surface area contributed by atoms with E-state index in [2.05, 4.69) is 182 Å². The lowest BCUT2D eigenvalue weighted by molar-refractivity contribution is 1.78. The van der Waals surface area contributed by atoms with E-state index >= 15 is 0 Å². The van der Waals surface area contributed by atoms with Gasteiger partial charge in [0.2, 0.25) is 0 Å². The second kappa shape index (κ2) is 10.7. The van der Waals surface area contributed by atoms with Crippen LogP contribution in [0.5, 0.6) is 0 Å². The van der Waals surface area contributed by atoms with Crippen molar-refractivity contribution in [3.05, 3.63) is 182 Å². The second-order valence-corrected chi connectivity index (χ2v) is 13.1. The molecule has 222 valence electrons. The first kappa shape index (κ1) is 26.9. The summed E-state index contributed by atoms with van der Waals surface area (Å²) in [4.78, 5) is 0. The van der Waals surface area contributed by atoms with Crippen LogP contribution in [0.2, 0.25) is 0 Å². The van der Waals surface area contributed by atoms with Crippen LogP contribution in [0.15, 0.2) is 182 Å². The Morgan fingerprint density at radius 3 is 0.458 bits per heavy atom. The minimum absolute atomic E-state index is 1.20. The van der Waals surface area contributed by atoms with Crippen LogP contribution in [-0.2, 0) is 0 Å². The van der Waals surface area contributed by atoms with Gasteiger partial charge in [0.1, 0.15) is 0 Å². The number of benzene rings is 9. The monoisotopic (exact) mass is 606 g/mol. The van der Waals surface area contributed by atoms with Crippen molar-refractivity contribution in [3.63, 3.8) is 0 Å². The fourth-order valence-corrected chi connectivity index (χ4v) is 7.52. The molecule has 0 aromatic heterocycles. The third-order valence-corrected chi connectivity index (χ3v) is 10.1. The molecule has 0 N–H and O–H groups in total. The lowest BCUT2D eigenvalue weighted by Crippen LogP contribution is -1.79. The van der Waals surface area contributed by atoms with Crippen molar-refractivity contribution < 1.29 is 0 Å². The summed E-state index contributed by atoms with van der Waals surface area (Å²) in [6.07, 6.45) is 0. The molecule has 29 rings (SSSR count). The summed E-state index contributed by atoms with van der Waals surface area (Å²) < 4.78 is 0. The number of hydrogen-bond acceptors (Lipinski definition) is 0. The van der Waals surface area contributed by atoms with E-state index in [1.54, 1.807) is 0 Å². The van der Waals surface area contributed by atoms with E-state index in [0.717, 1.165) is 0 Å². The maximum atomic E-state index is 2.29. The molecular weight excluding hydrogens is 577 g/mol. The van der Waals surface area contributed by atoms with Gasteiger partial charge in [-0.1, -0.05) is 146 Å². The van der Waals surface area contributed by atoms with E-state index in [1.165, 1.54) is 97.0 Å². The van der Waals surface area contributed by atoms with E-state index in [0.29, 0.717) is 0 Å². The van der Waals surface area contributed by atoms with Crippen LogP contribution in [0.4, 0.5) is 0 Å². The smallest absolute Gasteiger partial charge is 0.0105 e. The molecule has 29 aromatic carbocycles. The Morgan fingerprint density at radius 1 is 0.146 bits per heavy atom. The molecule has 0 saturated heterocycles. The lowest BCUT2D eigenvalue weighted by Gasteiger charge is -2.05. The van der Waals surface area contributed by atoms with Gasteiger partial charge >= 0.3 is 0 Å². The molecule has 0 radical (unpaired) electrons. The normalized spacial score (nSPS) is 11.8. The zero-order chi connectivity index (χ0) is 31.6. The minimum atomic E-state index is 1.20. The highest BCUT2D eigenvalue weighted by molar-refractivity contribution is 6.12. The molecule has 0 aliphatic carbocycles. The van der Waals surface area contributed by atoms with Crippen LogP contribution < -0.4 is 0 Å². The summed E-state index contributed by atoms with van der Waals surface area (Å²) in [5, 5.41) is 22.4. The van der Waals surface area contributed by atoms with Crippen molar-refractivity contribution in [1.29, 1.82) is 0 Å². The van der Waals surface area contributed by atoms with Crippen LogP contribution in [0.3, 0.4) is 0 Å². The molecule has 0 spiro atoms. The van der Waals surface area contributed by atoms with Crippen molar-refractivity contribution in [2.45, 2.75) is 0 Å². The maximum Gasteiger partial charge on any atom is -0.0105 e. The van der Waals surface area contributed by atoms with Crippen LogP contribution in [0.1, 0.15) is 0 Å². The van der Waals surface area contributed by atoms with Crippen LogP contribution in [-0.4, -0.2) is 0 Å². The molecule has 0 aliphatic heterocycles. The highest BCUT2D eigenvalue weighted by atomic mass is 14.1. The zero-order valence-electron chi connectivity index (χ0n) is 26.3. The SMILES string of the molecule is c1cc2ccc3c(ccc4cc(ccc5ccc6c(ccc7cc(ccc8ccc9c(ccc%10cc1ccc%109)c8)ccc76)c5)ccc43)c2. The topological polar surface area (TPSA) is 0 Å². The fraction of sp³-hybridized carbons (Fsp3) is 0. The molecule has 48 heavy (non-hydrogen) atoms. The Kier molecular flexibility index (Phi) is 5.98. The summed E-state index contributed by atoms with van der Waals surface area (Å²) in [6.45, 7) is 0. The van der Waals surface area contributed by atoms with E-state index in [-0.39, 0.29) is 0 Å². The zero-order valence-corrected chi connectivity index (χ0v) is 26.3. The Morgan fingerprint density at radius 2 is 0.292 bits per heavy atom. The predicted molar refractivity (Wildman–Crippen MR) is 210 cm³/mol. The van der Waals surface area contributed by atoms with Gasteiger partial charge in [-0.25, -0.2) is 0 Å². The van der Waals surface area contributed by atoms with Gasteiger partial charge in [-0.05, 0) is 133 Å². The Bertz CT molecular complexity index is 2520. The van der Waals surface area contributed by atoms with Crippen molar-refractivity contribution in [1.82, 2.24) is 0 Å². The van der Waals surface area contributed by atoms with Gasteiger partial charge in [0.25, 0.3) is 0 Å². The molecule has 0 saturated carbocycles. The molecule has 0 nitrogen and oxygen atoms in total. The van der Waals surface area contributed by atoms with Gasteiger partial charge in [-0.2, -0.15) is 0 Å². The molecule has 0 unspecified atom stereocenters. The Hall–Kier alpha value is -6.24. The summed E-state index contributed by atoms with van der Waals surface area (Å²) in [5.41, 5.74) is 0. The molecule has 0 amide bonds. The molecule has 0 aliphatic rings. The Labute approximate surface area is 278 Å². The molecule has 0 fully saturated rings. The molecule has 29 aromatic rings. The third-order valence-electron chi connectivity index (χ3n) is 10.1. The van der Waals surface area contributed by atoms with Gasteiger partial charge in [-0.3, -0.25) is 0 Å². The van der Waals surface area contributed by atoms with Crippen molar-refractivity contribution in [2.75, 3.05) is 0 Å². The molecule has 0 atom stereocenters. The molecule has 18 bridgehead atoms. The molecular formula is C48H30. The highest BCUT2D eigenvalue weighted by Crippen LogP contribution is 2.31. The number of hydrogen-bond donors (Lipinski definition) is 0. The first-order valence-electron chi connectivity index (χ1n) is 16.6. The van der Waals surface area contributed by atoms with Crippen LogP contribution >= 0.6 is 0 Å². The summed E-state index contributed by atoms with van der Waals surface area (Å²) in [5.74, 6) is 0. The highest BCUT2D eigenvalue weighted by Gasteiger charge is 2.04. The van der Waals surface area contributed by atoms with E-state index in [4.69, 9.17) is 0 Å². The van der Waals surface area contributed by atoms with Gasteiger partial charge in [-0.15, -0.1) is 0 Å². The Balaban J connectivity index is 1.22. The fourth-order valence-electron chi connectivity index (χ4n) is 7.52. The average molecular weight is 607 g/mol. The predicted octanol–water partition coefficient (Wildman–Crippen LogP) is 13.8. The first-order chi connectivity index (χ1) is 23.7. The molecule has 0 heteroatoms. The quantitative estimate of drug-likeness (QED) is 0.151. The number of rotatable bonds is 0. The summed E-state index contributed by atoms with van der Waals surface area (Å²) in [6, 6.07) is 67.6. The summed E-state index contributed by atoms with van der Waals surface area (Å²) >= 11 is 0. The lowest BCUT2D eigenvalue weighted by atomic mass is 9.99. The van der Waals surface area contributed by atoms with E-state index < -0.39 is 0 Å². The van der Waals surface area contributed by atoms with Crippen LogP contribution in [0, 0.1) is 0 Å². The van der Waals surface area contributed by atoms with Gasteiger partial charge in [0, 0.05) is 0 Å². The minimum Gasteiger partial charge on any atom is -0.0544 e. The van der Waals surface area contributed by atoms with Crippen molar-refractivity contribution >= 4 is 97.0 Å².